The van der Waals surface area contributed by atoms with Crippen molar-refractivity contribution >= 4 is 27.8 Å². The van der Waals surface area contributed by atoms with E-state index in [0.717, 1.165) is 41.6 Å². The summed E-state index contributed by atoms with van der Waals surface area (Å²) < 4.78 is 21.0. The highest BCUT2D eigenvalue weighted by Crippen LogP contribution is 2.27. The quantitative estimate of drug-likeness (QED) is 0.528. The molecule has 138 valence electrons. The Morgan fingerprint density at radius 3 is 2.81 bits per heavy atom. The molecule has 0 fully saturated rings. The monoisotopic (exact) mass is 365 g/mol. The largest absolute Gasteiger partial charge is 0.494 e. The third kappa shape index (κ3) is 3.28. The van der Waals surface area contributed by atoms with Crippen LogP contribution in [0.15, 0.2) is 42.7 Å². The first-order valence-corrected chi connectivity index (χ1v) is 8.80. The lowest BCUT2D eigenvalue weighted by Gasteiger charge is -2.10. The van der Waals surface area contributed by atoms with E-state index in [2.05, 4.69) is 25.9 Å². The van der Waals surface area contributed by atoms with Gasteiger partial charge in [-0.05, 0) is 24.6 Å². The van der Waals surface area contributed by atoms with Gasteiger partial charge in [0.2, 0.25) is 0 Å². The van der Waals surface area contributed by atoms with Gasteiger partial charge in [0, 0.05) is 31.5 Å². The van der Waals surface area contributed by atoms with Crippen LogP contribution < -0.4 is 10.1 Å². The minimum atomic E-state index is -0.434. The lowest BCUT2D eigenvalue weighted by Crippen LogP contribution is -2.07. The van der Waals surface area contributed by atoms with Gasteiger partial charge in [-0.1, -0.05) is 12.1 Å². The number of anilines is 1. The van der Waals surface area contributed by atoms with Crippen LogP contribution in [0.1, 0.15) is 12.2 Å². The lowest BCUT2D eigenvalue weighted by molar-refractivity contribution is 0.387. The van der Waals surface area contributed by atoms with Crippen molar-refractivity contribution in [3.8, 4) is 5.75 Å². The summed E-state index contributed by atoms with van der Waals surface area (Å²) in [5, 5.41) is 4.05. The summed E-state index contributed by atoms with van der Waals surface area (Å²) in [6.45, 7) is 0.717. The second-order valence-corrected chi connectivity index (χ2v) is 6.33. The Morgan fingerprint density at radius 1 is 1.15 bits per heavy atom. The number of fused-ring (bicyclic) bond motifs is 2. The first kappa shape index (κ1) is 17.2. The number of aryl methyl sites for hydroxylation is 2. The third-order valence-corrected chi connectivity index (χ3v) is 4.66. The van der Waals surface area contributed by atoms with E-state index in [1.54, 1.807) is 6.07 Å². The molecular formula is C20H20FN5O. The molecule has 0 amide bonds. The Labute approximate surface area is 156 Å². The van der Waals surface area contributed by atoms with Crippen molar-refractivity contribution in [1.29, 1.82) is 0 Å². The van der Waals surface area contributed by atoms with Gasteiger partial charge in [0.05, 0.1) is 23.7 Å². The molecule has 2 aromatic carbocycles. The molecule has 0 spiro atoms. The van der Waals surface area contributed by atoms with E-state index in [1.807, 2.05) is 25.2 Å². The molecule has 2 aromatic heterocycles. The zero-order valence-corrected chi connectivity index (χ0v) is 15.2. The number of para-hydroxylation sites is 2. The van der Waals surface area contributed by atoms with Gasteiger partial charge in [0.1, 0.15) is 18.0 Å². The van der Waals surface area contributed by atoms with Crippen LogP contribution >= 0.6 is 0 Å². The maximum atomic E-state index is 13.9. The molecule has 0 saturated carbocycles. The van der Waals surface area contributed by atoms with Gasteiger partial charge in [0.15, 0.2) is 11.6 Å². The van der Waals surface area contributed by atoms with Crippen LogP contribution in [-0.4, -0.2) is 33.2 Å². The molecule has 27 heavy (non-hydrogen) atoms. The van der Waals surface area contributed by atoms with Crippen LogP contribution in [0.4, 0.5) is 10.2 Å². The van der Waals surface area contributed by atoms with Crippen LogP contribution in [-0.2, 0) is 13.5 Å². The Kier molecular flexibility index (Phi) is 4.58. The molecule has 0 aliphatic heterocycles. The molecule has 1 N–H and O–H groups in total. The number of methoxy groups -OCH3 is 1. The number of hydrogen-bond acceptors (Lipinski definition) is 5. The van der Waals surface area contributed by atoms with Crippen molar-refractivity contribution in [2.24, 2.45) is 7.05 Å². The Balaban J connectivity index is 1.46. The molecule has 0 saturated heterocycles. The fraction of sp³-hybridized carbons (Fsp3) is 0.250. The van der Waals surface area contributed by atoms with Crippen LogP contribution in [0, 0.1) is 5.82 Å². The van der Waals surface area contributed by atoms with Gasteiger partial charge in [-0.2, -0.15) is 0 Å². The number of imidazole rings is 1. The molecule has 7 heteroatoms. The first-order valence-electron chi connectivity index (χ1n) is 8.80. The van der Waals surface area contributed by atoms with E-state index in [1.165, 1.54) is 19.5 Å². The minimum absolute atomic E-state index is 0.181. The van der Waals surface area contributed by atoms with Crippen molar-refractivity contribution in [1.82, 2.24) is 19.5 Å². The summed E-state index contributed by atoms with van der Waals surface area (Å²) in [5.41, 5.74) is 2.69. The average Bonchev–Trinajstić information content (AvgIpc) is 3.00. The van der Waals surface area contributed by atoms with Crippen molar-refractivity contribution in [3.05, 3.63) is 54.4 Å². The molecule has 0 aliphatic rings. The SMILES string of the molecule is COc1cc2c(NCCCc3nc4ccccc4n3C)ncnc2cc1F. The summed E-state index contributed by atoms with van der Waals surface area (Å²) >= 11 is 0. The molecular weight excluding hydrogens is 345 g/mol. The fourth-order valence-corrected chi connectivity index (χ4v) is 3.23. The van der Waals surface area contributed by atoms with Crippen molar-refractivity contribution in [2.45, 2.75) is 12.8 Å². The van der Waals surface area contributed by atoms with E-state index >= 15 is 0 Å². The highest BCUT2D eigenvalue weighted by molar-refractivity contribution is 5.90. The summed E-state index contributed by atoms with van der Waals surface area (Å²) in [4.78, 5) is 13.1. The maximum absolute atomic E-state index is 13.9. The van der Waals surface area contributed by atoms with Gasteiger partial charge < -0.3 is 14.6 Å². The summed E-state index contributed by atoms with van der Waals surface area (Å²) in [6, 6.07) is 11.1. The van der Waals surface area contributed by atoms with Gasteiger partial charge in [0.25, 0.3) is 0 Å². The number of nitrogens with one attached hydrogen (secondary N) is 1. The van der Waals surface area contributed by atoms with E-state index in [0.29, 0.717) is 11.3 Å². The molecule has 0 unspecified atom stereocenters. The maximum Gasteiger partial charge on any atom is 0.167 e. The standard InChI is InChI=1S/C20H20FN5O/c1-26-17-7-4-3-6-15(17)25-19(26)8-5-9-22-20-13-10-18(27-2)14(21)11-16(13)23-12-24-20/h3-4,6-7,10-12H,5,8-9H2,1-2H3,(H,22,23,24). The van der Waals surface area contributed by atoms with Crippen LogP contribution in [0.25, 0.3) is 21.9 Å². The van der Waals surface area contributed by atoms with Gasteiger partial charge in [-0.15, -0.1) is 0 Å². The molecule has 0 radical (unpaired) electrons. The van der Waals surface area contributed by atoms with E-state index in [9.17, 15) is 4.39 Å². The second kappa shape index (κ2) is 7.19. The molecule has 0 aliphatic carbocycles. The number of hydrogen-bond donors (Lipinski definition) is 1. The van der Waals surface area contributed by atoms with E-state index in [-0.39, 0.29) is 5.75 Å². The number of benzene rings is 2. The predicted molar refractivity (Wildman–Crippen MR) is 104 cm³/mol. The highest BCUT2D eigenvalue weighted by atomic mass is 19.1. The zero-order valence-electron chi connectivity index (χ0n) is 15.2. The Hall–Kier alpha value is -3.22. The predicted octanol–water partition coefficient (Wildman–Crippen LogP) is 3.71. The van der Waals surface area contributed by atoms with Crippen molar-refractivity contribution in [2.75, 3.05) is 19.0 Å². The van der Waals surface area contributed by atoms with E-state index < -0.39 is 5.82 Å². The Morgan fingerprint density at radius 2 is 2.00 bits per heavy atom. The normalized spacial score (nSPS) is 11.2. The van der Waals surface area contributed by atoms with Gasteiger partial charge >= 0.3 is 0 Å². The number of rotatable bonds is 6. The smallest absolute Gasteiger partial charge is 0.167 e. The first-order chi connectivity index (χ1) is 13.2. The third-order valence-electron chi connectivity index (χ3n) is 4.66. The van der Waals surface area contributed by atoms with Crippen molar-refractivity contribution < 1.29 is 9.13 Å². The number of aromatic nitrogens is 4. The average molecular weight is 365 g/mol. The Bertz CT molecular complexity index is 1110. The summed E-state index contributed by atoms with van der Waals surface area (Å²) in [6.07, 6.45) is 3.17. The molecule has 0 atom stereocenters. The summed E-state index contributed by atoms with van der Waals surface area (Å²) in [5.74, 6) is 1.47. The highest BCUT2D eigenvalue weighted by Gasteiger charge is 2.10. The minimum Gasteiger partial charge on any atom is -0.494 e. The van der Waals surface area contributed by atoms with Crippen LogP contribution in [0.5, 0.6) is 5.75 Å². The van der Waals surface area contributed by atoms with E-state index in [4.69, 9.17) is 9.72 Å². The molecule has 6 nitrogen and oxygen atoms in total. The molecule has 2 heterocycles. The number of halogens is 1. The van der Waals surface area contributed by atoms with Crippen LogP contribution in [0.3, 0.4) is 0 Å². The second-order valence-electron chi connectivity index (χ2n) is 6.33. The van der Waals surface area contributed by atoms with Crippen LogP contribution in [0.2, 0.25) is 0 Å². The fourth-order valence-electron chi connectivity index (χ4n) is 3.23. The lowest BCUT2D eigenvalue weighted by atomic mass is 10.2. The zero-order chi connectivity index (χ0) is 18.8. The van der Waals surface area contributed by atoms with Gasteiger partial charge in [-0.25, -0.2) is 19.3 Å². The topological polar surface area (TPSA) is 64.9 Å². The number of ether oxygens (including phenoxy) is 1. The molecule has 4 aromatic rings. The van der Waals surface area contributed by atoms with Gasteiger partial charge in [-0.3, -0.25) is 0 Å². The summed E-state index contributed by atoms with van der Waals surface area (Å²) in [7, 11) is 3.48. The molecule has 0 bridgehead atoms. The number of nitrogens with zero attached hydrogens (tertiary/aromatic N) is 4. The molecule has 4 rings (SSSR count). The van der Waals surface area contributed by atoms with Crippen molar-refractivity contribution in [3.63, 3.8) is 0 Å².